The Bertz CT molecular complexity index is 610. The molecule has 0 bridgehead atoms. The molecular weight excluding hydrogens is 238 g/mol. The summed E-state index contributed by atoms with van der Waals surface area (Å²) in [7, 11) is 0. The van der Waals surface area contributed by atoms with Crippen LogP contribution >= 0.6 is 0 Å². The van der Waals surface area contributed by atoms with Gasteiger partial charge >= 0.3 is 5.97 Å². The van der Waals surface area contributed by atoms with E-state index in [0.29, 0.717) is 6.42 Å². The molecule has 2 rings (SSSR count). The lowest BCUT2D eigenvalue weighted by Gasteiger charge is -2.06. The molecule has 3 nitrogen and oxygen atoms in total. The zero-order valence-electron chi connectivity index (χ0n) is 11.2. The number of carbonyl (C=O) groups is 1. The van der Waals surface area contributed by atoms with Crippen molar-refractivity contribution in [2.45, 2.75) is 32.7 Å². The molecule has 0 saturated carbocycles. The normalized spacial score (nSPS) is 10.8. The van der Waals surface area contributed by atoms with E-state index < -0.39 is 5.97 Å². The standard InChI is InChI=1S/C16H19NO2/c1-3-12(2)10-17-11-13(8-9-16(18)19)14-6-4-5-7-15(14)17/h4-7,11H,2-3,8-10H2,1H3,(H,18,19). The summed E-state index contributed by atoms with van der Waals surface area (Å²) < 4.78 is 2.17. The number of aliphatic carboxylic acids is 1. The van der Waals surface area contributed by atoms with Crippen molar-refractivity contribution >= 4 is 16.9 Å². The molecule has 19 heavy (non-hydrogen) atoms. The number of hydrogen-bond donors (Lipinski definition) is 1. The first-order valence-corrected chi connectivity index (χ1v) is 6.57. The predicted molar refractivity (Wildman–Crippen MR) is 77.3 cm³/mol. The highest BCUT2D eigenvalue weighted by Crippen LogP contribution is 2.23. The monoisotopic (exact) mass is 257 g/mol. The Morgan fingerprint density at radius 3 is 2.79 bits per heavy atom. The average molecular weight is 257 g/mol. The van der Waals surface area contributed by atoms with Gasteiger partial charge in [-0.2, -0.15) is 0 Å². The van der Waals surface area contributed by atoms with Gasteiger partial charge in [0.15, 0.2) is 0 Å². The number of para-hydroxylation sites is 1. The van der Waals surface area contributed by atoms with Gasteiger partial charge in [0.1, 0.15) is 0 Å². The first-order valence-electron chi connectivity index (χ1n) is 6.57. The molecule has 100 valence electrons. The number of nitrogens with zero attached hydrogens (tertiary/aromatic N) is 1. The molecule has 0 aliphatic rings. The Hall–Kier alpha value is -2.03. The molecule has 0 aliphatic heterocycles. The summed E-state index contributed by atoms with van der Waals surface area (Å²) >= 11 is 0. The van der Waals surface area contributed by atoms with Gasteiger partial charge in [0.2, 0.25) is 0 Å². The van der Waals surface area contributed by atoms with E-state index in [1.54, 1.807) is 0 Å². The number of aryl methyl sites for hydroxylation is 1. The number of aromatic nitrogens is 1. The maximum Gasteiger partial charge on any atom is 0.303 e. The van der Waals surface area contributed by atoms with Gasteiger partial charge in [0, 0.05) is 30.1 Å². The van der Waals surface area contributed by atoms with Crippen molar-refractivity contribution in [1.29, 1.82) is 0 Å². The summed E-state index contributed by atoms with van der Waals surface area (Å²) in [4.78, 5) is 10.7. The fraction of sp³-hybridized carbons (Fsp3) is 0.312. The fourth-order valence-electron chi connectivity index (χ4n) is 2.25. The van der Waals surface area contributed by atoms with E-state index in [1.165, 1.54) is 5.57 Å². The maximum atomic E-state index is 10.7. The van der Waals surface area contributed by atoms with Crippen LogP contribution in [0.4, 0.5) is 0 Å². The minimum atomic E-state index is -0.755. The van der Waals surface area contributed by atoms with Crippen LogP contribution < -0.4 is 0 Å². The van der Waals surface area contributed by atoms with E-state index in [1.807, 2.05) is 12.1 Å². The molecule has 0 unspecified atom stereocenters. The van der Waals surface area contributed by atoms with Crippen LogP contribution in [0, 0.1) is 0 Å². The van der Waals surface area contributed by atoms with Crippen molar-refractivity contribution in [2.24, 2.45) is 0 Å². The molecule has 3 heteroatoms. The van der Waals surface area contributed by atoms with Gasteiger partial charge in [-0.25, -0.2) is 0 Å². The van der Waals surface area contributed by atoms with Gasteiger partial charge in [-0.3, -0.25) is 4.79 Å². The minimum absolute atomic E-state index is 0.169. The van der Waals surface area contributed by atoms with Crippen LogP contribution in [0.25, 0.3) is 10.9 Å². The number of carboxylic acids is 1. The third kappa shape index (κ3) is 3.05. The number of hydrogen-bond acceptors (Lipinski definition) is 1. The van der Waals surface area contributed by atoms with Crippen molar-refractivity contribution in [2.75, 3.05) is 0 Å². The lowest BCUT2D eigenvalue weighted by Crippen LogP contribution is -1.98. The summed E-state index contributed by atoms with van der Waals surface area (Å²) in [6, 6.07) is 8.13. The van der Waals surface area contributed by atoms with E-state index in [-0.39, 0.29) is 6.42 Å². The average Bonchev–Trinajstić information content (AvgIpc) is 2.75. The third-order valence-electron chi connectivity index (χ3n) is 3.37. The quantitative estimate of drug-likeness (QED) is 0.803. The largest absolute Gasteiger partial charge is 0.481 e. The van der Waals surface area contributed by atoms with Crippen LogP contribution in [-0.4, -0.2) is 15.6 Å². The zero-order valence-corrected chi connectivity index (χ0v) is 11.2. The number of benzene rings is 1. The van der Waals surface area contributed by atoms with Gasteiger partial charge < -0.3 is 9.67 Å². The lowest BCUT2D eigenvalue weighted by atomic mass is 10.1. The van der Waals surface area contributed by atoms with Gasteiger partial charge in [-0.05, 0) is 24.5 Å². The van der Waals surface area contributed by atoms with Crippen LogP contribution in [0.2, 0.25) is 0 Å². The van der Waals surface area contributed by atoms with E-state index in [2.05, 4.69) is 36.4 Å². The first-order chi connectivity index (χ1) is 9.11. The molecule has 0 aliphatic carbocycles. The van der Waals surface area contributed by atoms with Crippen LogP contribution in [-0.2, 0) is 17.8 Å². The highest BCUT2D eigenvalue weighted by molar-refractivity contribution is 5.84. The minimum Gasteiger partial charge on any atom is -0.481 e. The summed E-state index contributed by atoms with van der Waals surface area (Å²) in [5.74, 6) is -0.755. The van der Waals surface area contributed by atoms with Crippen molar-refractivity contribution in [1.82, 2.24) is 4.57 Å². The Balaban J connectivity index is 2.36. The van der Waals surface area contributed by atoms with Crippen LogP contribution in [0.1, 0.15) is 25.3 Å². The molecule has 0 saturated heterocycles. The second-order valence-corrected chi connectivity index (χ2v) is 4.80. The molecular formula is C16H19NO2. The summed E-state index contributed by atoms with van der Waals surface area (Å²) in [5, 5.41) is 9.96. The lowest BCUT2D eigenvalue weighted by molar-refractivity contribution is -0.136. The Kier molecular flexibility index (Phi) is 4.05. The summed E-state index contributed by atoms with van der Waals surface area (Å²) in [6.07, 6.45) is 3.76. The zero-order chi connectivity index (χ0) is 13.8. The number of carboxylic acid groups (broad SMARTS) is 1. The summed E-state index contributed by atoms with van der Waals surface area (Å²) in [6.45, 7) is 6.94. The van der Waals surface area contributed by atoms with Gasteiger partial charge in [-0.15, -0.1) is 0 Å². The molecule has 1 aromatic heterocycles. The molecule has 0 spiro atoms. The molecule has 1 heterocycles. The number of allylic oxidation sites excluding steroid dienone is 1. The van der Waals surface area contributed by atoms with Crippen LogP contribution in [0.5, 0.6) is 0 Å². The molecule has 2 aromatic rings. The van der Waals surface area contributed by atoms with Crippen LogP contribution in [0.3, 0.4) is 0 Å². The Morgan fingerprint density at radius 2 is 2.11 bits per heavy atom. The van der Waals surface area contributed by atoms with E-state index >= 15 is 0 Å². The Morgan fingerprint density at radius 1 is 1.37 bits per heavy atom. The second-order valence-electron chi connectivity index (χ2n) is 4.80. The molecule has 1 aromatic carbocycles. The van der Waals surface area contributed by atoms with Crippen molar-refractivity contribution in [3.8, 4) is 0 Å². The van der Waals surface area contributed by atoms with Crippen LogP contribution in [0.15, 0.2) is 42.6 Å². The topological polar surface area (TPSA) is 42.2 Å². The first kappa shape index (κ1) is 13.4. The molecule has 0 amide bonds. The van der Waals surface area contributed by atoms with Gasteiger partial charge in [0.25, 0.3) is 0 Å². The van der Waals surface area contributed by atoms with E-state index in [4.69, 9.17) is 5.11 Å². The van der Waals surface area contributed by atoms with Crippen molar-refractivity contribution in [3.63, 3.8) is 0 Å². The highest BCUT2D eigenvalue weighted by atomic mass is 16.4. The third-order valence-corrected chi connectivity index (χ3v) is 3.37. The van der Waals surface area contributed by atoms with Gasteiger partial charge in [-0.1, -0.05) is 37.3 Å². The smallest absolute Gasteiger partial charge is 0.303 e. The van der Waals surface area contributed by atoms with Gasteiger partial charge in [0.05, 0.1) is 0 Å². The second kappa shape index (κ2) is 5.74. The molecule has 0 atom stereocenters. The van der Waals surface area contributed by atoms with Crippen molar-refractivity contribution < 1.29 is 9.90 Å². The predicted octanol–water partition coefficient (Wildman–Crippen LogP) is 3.62. The molecule has 0 radical (unpaired) electrons. The summed E-state index contributed by atoms with van der Waals surface area (Å²) in [5.41, 5.74) is 3.42. The number of fused-ring (bicyclic) bond motifs is 1. The van der Waals surface area contributed by atoms with Crippen molar-refractivity contribution in [3.05, 3.63) is 48.2 Å². The highest BCUT2D eigenvalue weighted by Gasteiger charge is 2.09. The van der Waals surface area contributed by atoms with E-state index in [9.17, 15) is 4.79 Å². The molecule has 1 N–H and O–H groups in total. The van der Waals surface area contributed by atoms with E-state index in [0.717, 1.165) is 29.4 Å². The maximum absolute atomic E-state index is 10.7. The Labute approximate surface area is 113 Å². The number of rotatable bonds is 6. The molecule has 0 fully saturated rings. The fourth-order valence-corrected chi connectivity index (χ4v) is 2.25. The SMILES string of the molecule is C=C(CC)Cn1cc(CCC(=O)O)c2ccccc21.